The summed E-state index contributed by atoms with van der Waals surface area (Å²) in [6.07, 6.45) is 0.586. The van der Waals surface area contributed by atoms with Crippen LogP contribution in [0, 0.1) is 6.92 Å². The van der Waals surface area contributed by atoms with Gasteiger partial charge < -0.3 is 10.1 Å². The molecule has 1 atom stereocenters. The fourth-order valence-electron chi connectivity index (χ4n) is 2.33. The first-order valence-corrected chi connectivity index (χ1v) is 7.92. The van der Waals surface area contributed by atoms with Crippen molar-refractivity contribution in [3.63, 3.8) is 0 Å². The maximum atomic E-state index is 12.4. The molecule has 5 heteroatoms. The number of pyridine rings is 1. The van der Waals surface area contributed by atoms with Crippen LogP contribution in [0.5, 0.6) is 0 Å². The molecule has 126 valence electrons. The van der Waals surface area contributed by atoms with E-state index in [9.17, 15) is 9.59 Å². The predicted octanol–water partition coefficient (Wildman–Crippen LogP) is 3.70. The molecule has 0 saturated carbocycles. The SMILES string of the molecule is Cc1cccc(C(C)C)c1NC(=O)[C@H](C)OC(=O)c1ccccn1. The monoisotopic (exact) mass is 326 g/mol. The molecule has 0 unspecified atom stereocenters. The fraction of sp³-hybridized carbons (Fsp3) is 0.316. The molecule has 0 radical (unpaired) electrons. The predicted molar refractivity (Wildman–Crippen MR) is 93.0 cm³/mol. The highest BCUT2D eigenvalue weighted by Gasteiger charge is 2.21. The number of para-hydroxylation sites is 1. The summed E-state index contributed by atoms with van der Waals surface area (Å²) in [6.45, 7) is 7.61. The van der Waals surface area contributed by atoms with Gasteiger partial charge in [-0.15, -0.1) is 0 Å². The van der Waals surface area contributed by atoms with Gasteiger partial charge in [0.1, 0.15) is 5.69 Å². The lowest BCUT2D eigenvalue weighted by Gasteiger charge is -2.19. The van der Waals surface area contributed by atoms with Crippen LogP contribution in [0.4, 0.5) is 5.69 Å². The van der Waals surface area contributed by atoms with Crippen LogP contribution in [0.1, 0.15) is 48.3 Å². The molecule has 0 spiro atoms. The number of nitrogens with one attached hydrogen (secondary N) is 1. The molecule has 1 aromatic heterocycles. The van der Waals surface area contributed by atoms with E-state index < -0.39 is 12.1 Å². The minimum absolute atomic E-state index is 0.177. The van der Waals surface area contributed by atoms with Crippen LogP contribution >= 0.6 is 0 Å². The third-order valence-electron chi connectivity index (χ3n) is 3.70. The molecule has 0 aliphatic carbocycles. The molecule has 0 aliphatic heterocycles. The molecular weight excluding hydrogens is 304 g/mol. The maximum absolute atomic E-state index is 12.4. The third kappa shape index (κ3) is 4.19. The Kier molecular flexibility index (Phi) is 5.68. The molecule has 5 nitrogen and oxygen atoms in total. The second-order valence-electron chi connectivity index (χ2n) is 5.95. The molecule has 2 rings (SSSR count). The molecule has 0 saturated heterocycles. The van der Waals surface area contributed by atoms with Crippen molar-refractivity contribution >= 4 is 17.6 Å². The van der Waals surface area contributed by atoms with Crippen LogP contribution in [0.15, 0.2) is 42.6 Å². The zero-order valence-corrected chi connectivity index (χ0v) is 14.4. The van der Waals surface area contributed by atoms with Gasteiger partial charge in [0.2, 0.25) is 0 Å². The number of amides is 1. The lowest BCUT2D eigenvalue weighted by molar-refractivity contribution is -0.123. The van der Waals surface area contributed by atoms with Crippen molar-refractivity contribution in [2.75, 3.05) is 5.32 Å². The normalized spacial score (nSPS) is 11.9. The average molecular weight is 326 g/mol. The molecule has 24 heavy (non-hydrogen) atoms. The summed E-state index contributed by atoms with van der Waals surface area (Å²) in [4.78, 5) is 28.3. The molecule has 1 aromatic carbocycles. The zero-order chi connectivity index (χ0) is 17.7. The van der Waals surface area contributed by atoms with Crippen molar-refractivity contribution in [3.05, 3.63) is 59.4 Å². The Morgan fingerprint density at radius 1 is 1.08 bits per heavy atom. The van der Waals surface area contributed by atoms with E-state index >= 15 is 0 Å². The Labute approximate surface area is 142 Å². The molecule has 1 heterocycles. The highest BCUT2D eigenvalue weighted by Crippen LogP contribution is 2.27. The van der Waals surface area contributed by atoms with Crippen LogP contribution in [0.25, 0.3) is 0 Å². The van der Waals surface area contributed by atoms with Gasteiger partial charge in [0.15, 0.2) is 6.10 Å². The van der Waals surface area contributed by atoms with Crippen LogP contribution in [-0.4, -0.2) is 23.0 Å². The average Bonchev–Trinajstić information content (AvgIpc) is 2.57. The van der Waals surface area contributed by atoms with E-state index in [0.717, 1.165) is 16.8 Å². The van der Waals surface area contributed by atoms with E-state index in [0.29, 0.717) is 0 Å². The van der Waals surface area contributed by atoms with Gasteiger partial charge in [-0.3, -0.25) is 4.79 Å². The van der Waals surface area contributed by atoms with Crippen molar-refractivity contribution in [3.8, 4) is 0 Å². The van der Waals surface area contributed by atoms with Crippen molar-refractivity contribution in [2.24, 2.45) is 0 Å². The van der Waals surface area contributed by atoms with E-state index in [1.165, 1.54) is 6.20 Å². The number of anilines is 1. The lowest BCUT2D eigenvalue weighted by Crippen LogP contribution is -2.30. The summed E-state index contributed by atoms with van der Waals surface area (Å²) in [5, 5.41) is 2.88. The fourth-order valence-corrected chi connectivity index (χ4v) is 2.33. The number of aromatic nitrogens is 1. The van der Waals surface area contributed by atoms with E-state index in [-0.39, 0.29) is 17.5 Å². The Balaban J connectivity index is 2.09. The summed E-state index contributed by atoms with van der Waals surface area (Å²) < 4.78 is 5.20. The van der Waals surface area contributed by atoms with Crippen LogP contribution in [-0.2, 0) is 9.53 Å². The first kappa shape index (κ1) is 17.7. The Morgan fingerprint density at radius 2 is 1.83 bits per heavy atom. The summed E-state index contributed by atoms with van der Waals surface area (Å²) in [7, 11) is 0. The number of ether oxygens (including phenoxy) is 1. The van der Waals surface area contributed by atoms with Crippen molar-refractivity contribution in [1.82, 2.24) is 4.98 Å². The second-order valence-corrected chi connectivity index (χ2v) is 5.95. The number of nitrogens with zero attached hydrogens (tertiary/aromatic N) is 1. The molecule has 1 N–H and O–H groups in total. The van der Waals surface area contributed by atoms with E-state index in [4.69, 9.17) is 4.74 Å². The Hall–Kier alpha value is -2.69. The number of carbonyl (C=O) groups is 2. The first-order valence-electron chi connectivity index (χ1n) is 7.92. The van der Waals surface area contributed by atoms with Gasteiger partial charge in [0.05, 0.1) is 0 Å². The summed E-state index contributed by atoms with van der Waals surface area (Å²) in [5.74, 6) is -0.714. The van der Waals surface area contributed by atoms with Crippen LogP contribution < -0.4 is 5.32 Å². The highest BCUT2D eigenvalue weighted by atomic mass is 16.5. The largest absolute Gasteiger partial charge is 0.448 e. The molecule has 2 aromatic rings. The summed E-state index contributed by atoms with van der Waals surface area (Å²) >= 11 is 0. The zero-order valence-electron chi connectivity index (χ0n) is 14.4. The molecule has 1 amide bonds. The number of rotatable bonds is 5. The minimum Gasteiger partial charge on any atom is -0.448 e. The lowest BCUT2D eigenvalue weighted by atomic mass is 9.98. The summed E-state index contributed by atoms with van der Waals surface area (Å²) in [5.41, 5.74) is 2.97. The second kappa shape index (κ2) is 7.73. The summed E-state index contributed by atoms with van der Waals surface area (Å²) in [6, 6.07) is 10.8. The van der Waals surface area contributed by atoms with E-state index in [1.54, 1.807) is 25.1 Å². The number of esters is 1. The number of benzene rings is 1. The van der Waals surface area contributed by atoms with Crippen molar-refractivity contribution < 1.29 is 14.3 Å². The number of aryl methyl sites for hydroxylation is 1. The number of hydrogen-bond donors (Lipinski definition) is 1. The first-order chi connectivity index (χ1) is 11.4. The van der Waals surface area contributed by atoms with Gasteiger partial charge in [-0.2, -0.15) is 0 Å². The van der Waals surface area contributed by atoms with Gasteiger partial charge in [-0.1, -0.05) is 38.1 Å². The van der Waals surface area contributed by atoms with Gasteiger partial charge in [-0.05, 0) is 43.0 Å². The Morgan fingerprint density at radius 3 is 2.46 bits per heavy atom. The van der Waals surface area contributed by atoms with Gasteiger partial charge >= 0.3 is 5.97 Å². The number of hydrogen-bond acceptors (Lipinski definition) is 4. The standard InChI is InChI=1S/C19H22N2O3/c1-12(2)15-9-7-8-13(3)17(15)21-18(22)14(4)24-19(23)16-10-5-6-11-20-16/h5-12,14H,1-4H3,(H,21,22)/t14-/m0/s1. The van der Waals surface area contributed by atoms with E-state index in [2.05, 4.69) is 24.1 Å². The molecule has 0 fully saturated rings. The van der Waals surface area contributed by atoms with Crippen LogP contribution in [0.3, 0.4) is 0 Å². The molecular formula is C19H22N2O3. The quantitative estimate of drug-likeness (QED) is 0.851. The maximum Gasteiger partial charge on any atom is 0.357 e. The van der Waals surface area contributed by atoms with Gasteiger partial charge in [0, 0.05) is 11.9 Å². The van der Waals surface area contributed by atoms with Crippen molar-refractivity contribution in [2.45, 2.75) is 39.7 Å². The topological polar surface area (TPSA) is 68.3 Å². The van der Waals surface area contributed by atoms with E-state index in [1.807, 2.05) is 25.1 Å². The minimum atomic E-state index is -0.917. The van der Waals surface area contributed by atoms with Crippen LogP contribution in [0.2, 0.25) is 0 Å². The highest BCUT2D eigenvalue weighted by molar-refractivity contribution is 5.97. The van der Waals surface area contributed by atoms with Crippen molar-refractivity contribution in [1.29, 1.82) is 0 Å². The Bertz CT molecular complexity index is 727. The molecule has 0 bridgehead atoms. The van der Waals surface area contributed by atoms with Gasteiger partial charge in [0.25, 0.3) is 5.91 Å². The third-order valence-corrected chi connectivity index (χ3v) is 3.70. The smallest absolute Gasteiger partial charge is 0.357 e. The molecule has 0 aliphatic rings. The van der Waals surface area contributed by atoms with Gasteiger partial charge in [-0.25, -0.2) is 9.78 Å². The number of carbonyl (C=O) groups excluding carboxylic acids is 2.